The van der Waals surface area contributed by atoms with Crippen molar-refractivity contribution in [1.82, 2.24) is 15.2 Å². The fourth-order valence-corrected chi connectivity index (χ4v) is 3.34. The number of thiophene rings is 1. The second-order valence-corrected chi connectivity index (χ2v) is 7.14. The Morgan fingerprint density at radius 3 is 2.95 bits per heavy atom. The zero-order chi connectivity index (χ0) is 15.1. The van der Waals surface area contributed by atoms with E-state index in [9.17, 15) is 0 Å². The fourth-order valence-electron chi connectivity index (χ4n) is 1.93. The van der Waals surface area contributed by atoms with E-state index in [1.807, 2.05) is 17.5 Å². The minimum absolute atomic E-state index is 0.643. The molecular formula is C15H22N4S2. The number of hydrogen-bond acceptors (Lipinski definition) is 4. The van der Waals surface area contributed by atoms with Crippen LogP contribution in [0.3, 0.4) is 0 Å². The van der Waals surface area contributed by atoms with Crippen molar-refractivity contribution >= 4 is 28.6 Å². The number of likely N-dealkylation sites (N-methyl/N-ethyl adjacent to an activating group) is 1. The van der Waals surface area contributed by atoms with E-state index in [1.54, 1.807) is 11.3 Å². The first-order valence-corrected chi connectivity index (χ1v) is 8.81. The molecule has 0 fully saturated rings. The standard InChI is InChI=1S/C15H22N4S2/c1-4-16-15(18-11-14-17-10-12(2)21-14)19(3)8-7-13-6-5-9-20-13/h5-6,9-10H,4,7-8,11H2,1-3H3,(H,16,18). The summed E-state index contributed by atoms with van der Waals surface area (Å²) in [5.41, 5.74) is 0. The van der Waals surface area contributed by atoms with Crippen LogP contribution < -0.4 is 5.32 Å². The van der Waals surface area contributed by atoms with Gasteiger partial charge in [0, 0.05) is 36.1 Å². The van der Waals surface area contributed by atoms with Crippen molar-refractivity contribution in [2.24, 2.45) is 4.99 Å². The summed E-state index contributed by atoms with van der Waals surface area (Å²) in [6.07, 6.45) is 2.96. The molecule has 2 aromatic heterocycles. The predicted molar refractivity (Wildman–Crippen MR) is 92.3 cm³/mol. The molecule has 21 heavy (non-hydrogen) atoms. The van der Waals surface area contributed by atoms with E-state index in [0.717, 1.165) is 30.5 Å². The monoisotopic (exact) mass is 322 g/mol. The quantitative estimate of drug-likeness (QED) is 0.656. The van der Waals surface area contributed by atoms with E-state index >= 15 is 0 Å². The third-order valence-corrected chi connectivity index (χ3v) is 4.84. The maximum absolute atomic E-state index is 4.68. The second-order valence-electron chi connectivity index (χ2n) is 4.79. The molecule has 0 unspecified atom stereocenters. The van der Waals surface area contributed by atoms with Crippen molar-refractivity contribution in [2.45, 2.75) is 26.8 Å². The summed E-state index contributed by atoms with van der Waals surface area (Å²) >= 11 is 3.52. The number of aliphatic imine (C=N–C) groups is 1. The van der Waals surface area contributed by atoms with Gasteiger partial charge in [-0.1, -0.05) is 6.07 Å². The Bertz CT molecular complexity index is 560. The highest BCUT2D eigenvalue weighted by Gasteiger charge is 2.07. The Morgan fingerprint density at radius 2 is 2.33 bits per heavy atom. The van der Waals surface area contributed by atoms with Crippen LogP contribution in [-0.2, 0) is 13.0 Å². The van der Waals surface area contributed by atoms with Crippen molar-refractivity contribution in [2.75, 3.05) is 20.1 Å². The molecule has 0 atom stereocenters. The van der Waals surface area contributed by atoms with Gasteiger partial charge in [-0.05, 0) is 31.7 Å². The molecule has 2 rings (SSSR count). The summed E-state index contributed by atoms with van der Waals surface area (Å²) in [7, 11) is 2.09. The Morgan fingerprint density at radius 1 is 1.48 bits per heavy atom. The Kier molecular flexibility index (Phi) is 6.20. The Labute approximate surface area is 134 Å². The van der Waals surface area contributed by atoms with Gasteiger partial charge in [-0.25, -0.2) is 9.98 Å². The molecule has 0 aromatic carbocycles. The molecular weight excluding hydrogens is 300 g/mol. The lowest BCUT2D eigenvalue weighted by Crippen LogP contribution is -2.39. The van der Waals surface area contributed by atoms with E-state index in [0.29, 0.717) is 6.54 Å². The first-order valence-electron chi connectivity index (χ1n) is 7.12. The fraction of sp³-hybridized carbons (Fsp3) is 0.467. The largest absolute Gasteiger partial charge is 0.357 e. The summed E-state index contributed by atoms with van der Waals surface area (Å²) in [5, 5.41) is 6.53. The maximum atomic E-state index is 4.68. The van der Waals surface area contributed by atoms with E-state index < -0.39 is 0 Å². The minimum atomic E-state index is 0.643. The minimum Gasteiger partial charge on any atom is -0.357 e. The average molecular weight is 323 g/mol. The van der Waals surface area contributed by atoms with Gasteiger partial charge < -0.3 is 10.2 Å². The van der Waals surface area contributed by atoms with Crippen LogP contribution in [0, 0.1) is 6.92 Å². The number of rotatable bonds is 6. The molecule has 2 aromatic rings. The molecule has 0 aliphatic rings. The molecule has 0 aliphatic heterocycles. The predicted octanol–water partition coefficient (Wildman–Crippen LogP) is 3.15. The number of aromatic nitrogens is 1. The van der Waals surface area contributed by atoms with Crippen molar-refractivity contribution < 1.29 is 0 Å². The average Bonchev–Trinajstić information content (AvgIpc) is 3.12. The molecule has 4 nitrogen and oxygen atoms in total. The highest BCUT2D eigenvalue weighted by molar-refractivity contribution is 7.11. The van der Waals surface area contributed by atoms with Crippen LogP contribution in [0.1, 0.15) is 21.7 Å². The van der Waals surface area contributed by atoms with Crippen molar-refractivity contribution in [3.8, 4) is 0 Å². The van der Waals surface area contributed by atoms with Crippen LogP contribution in [0.2, 0.25) is 0 Å². The third kappa shape index (κ3) is 5.13. The molecule has 0 saturated heterocycles. The molecule has 6 heteroatoms. The summed E-state index contributed by atoms with van der Waals surface area (Å²) in [6.45, 7) is 6.64. The van der Waals surface area contributed by atoms with Gasteiger partial charge in [0.2, 0.25) is 0 Å². The zero-order valence-electron chi connectivity index (χ0n) is 12.8. The Balaban J connectivity index is 1.92. The SMILES string of the molecule is CCNC(=NCc1ncc(C)s1)N(C)CCc1cccs1. The number of nitrogens with zero attached hydrogens (tertiary/aromatic N) is 3. The molecule has 1 N–H and O–H groups in total. The van der Waals surface area contributed by atoms with Gasteiger partial charge in [0.1, 0.15) is 5.01 Å². The van der Waals surface area contributed by atoms with Crippen LogP contribution >= 0.6 is 22.7 Å². The molecule has 0 amide bonds. The number of nitrogens with one attached hydrogen (secondary N) is 1. The van der Waals surface area contributed by atoms with Crippen LogP contribution in [0.15, 0.2) is 28.7 Å². The maximum Gasteiger partial charge on any atom is 0.194 e. The molecule has 0 spiro atoms. The Hall–Kier alpha value is -1.40. The highest BCUT2D eigenvalue weighted by atomic mass is 32.1. The van der Waals surface area contributed by atoms with E-state index in [-0.39, 0.29) is 0 Å². The summed E-state index contributed by atoms with van der Waals surface area (Å²) in [5.74, 6) is 0.946. The lowest BCUT2D eigenvalue weighted by atomic mass is 10.3. The molecule has 2 heterocycles. The third-order valence-electron chi connectivity index (χ3n) is 3.00. The van der Waals surface area contributed by atoms with Crippen LogP contribution in [-0.4, -0.2) is 36.0 Å². The van der Waals surface area contributed by atoms with Gasteiger partial charge in [0.15, 0.2) is 5.96 Å². The highest BCUT2D eigenvalue weighted by Crippen LogP contribution is 2.12. The summed E-state index contributed by atoms with van der Waals surface area (Å²) < 4.78 is 0. The van der Waals surface area contributed by atoms with Crippen molar-refractivity contribution in [1.29, 1.82) is 0 Å². The number of guanidine groups is 1. The van der Waals surface area contributed by atoms with Gasteiger partial charge in [0.25, 0.3) is 0 Å². The lowest BCUT2D eigenvalue weighted by molar-refractivity contribution is 0.486. The smallest absolute Gasteiger partial charge is 0.194 e. The zero-order valence-corrected chi connectivity index (χ0v) is 14.4. The summed E-state index contributed by atoms with van der Waals surface area (Å²) in [4.78, 5) is 13.9. The van der Waals surface area contributed by atoms with Crippen molar-refractivity contribution in [3.05, 3.63) is 38.5 Å². The molecule has 0 aliphatic carbocycles. The van der Waals surface area contributed by atoms with Gasteiger partial charge in [-0.15, -0.1) is 22.7 Å². The van der Waals surface area contributed by atoms with Gasteiger partial charge in [-0.2, -0.15) is 0 Å². The van der Waals surface area contributed by atoms with Crippen LogP contribution in [0.4, 0.5) is 0 Å². The van der Waals surface area contributed by atoms with E-state index in [4.69, 9.17) is 0 Å². The number of hydrogen-bond donors (Lipinski definition) is 1. The van der Waals surface area contributed by atoms with Gasteiger partial charge >= 0.3 is 0 Å². The second kappa shape index (κ2) is 8.14. The van der Waals surface area contributed by atoms with Crippen molar-refractivity contribution in [3.63, 3.8) is 0 Å². The number of aryl methyl sites for hydroxylation is 1. The first kappa shape index (κ1) is 16.0. The number of thiazole rings is 1. The molecule has 0 bridgehead atoms. The topological polar surface area (TPSA) is 40.5 Å². The van der Waals surface area contributed by atoms with Gasteiger partial charge in [0.05, 0.1) is 6.54 Å². The van der Waals surface area contributed by atoms with Crippen LogP contribution in [0.5, 0.6) is 0 Å². The molecule has 114 valence electrons. The lowest BCUT2D eigenvalue weighted by Gasteiger charge is -2.21. The van der Waals surface area contributed by atoms with Gasteiger partial charge in [-0.3, -0.25) is 0 Å². The first-order chi connectivity index (χ1) is 10.2. The molecule has 0 saturated carbocycles. The van der Waals surface area contributed by atoms with Crippen LogP contribution in [0.25, 0.3) is 0 Å². The normalized spacial score (nSPS) is 11.7. The molecule has 0 radical (unpaired) electrons. The summed E-state index contributed by atoms with van der Waals surface area (Å²) in [6, 6.07) is 4.28. The van der Waals surface area contributed by atoms with E-state index in [1.165, 1.54) is 9.75 Å². The van der Waals surface area contributed by atoms with E-state index in [2.05, 4.69) is 58.6 Å².